The molecule has 0 radical (unpaired) electrons. The van der Waals surface area contributed by atoms with Gasteiger partial charge < -0.3 is 10.6 Å². The van der Waals surface area contributed by atoms with Crippen molar-refractivity contribution in [2.45, 2.75) is 32.7 Å². The average Bonchev–Trinajstić information content (AvgIpc) is 2.29. The highest BCUT2D eigenvalue weighted by Crippen LogP contribution is 2.29. The standard InChI is InChI=1S/C13H17BrN2O/c1-8-6-10(7-9(2)12(8)14)16-5-3-4-11(15)13(16)17/h6-7,11H,3-5,15H2,1-2H3. The third kappa shape index (κ3) is 2.38. The molecule has 1 aromatic carbocycles. The molecule has 92 valence electrons. The predicted molar refractivity (Wildman–Crippen MR) is 73.2 cm³/mol. The Morgan fingerprint density at radius 1 is 1.35 bits per heavy atom. The van der Waals surface area contributed by atoms with Crippen molar-refractivity contribution in [1.29, 1.82) is 0 Å². The van der Waals surface area contributed by atoms with Gasteiger partial charge >= 0.3 is 0 Å². The summed E-state index contributed by atoms with van der Waals surface area (Å²) in [6.07, 6.45) is 1.77. The van der Waals surface area contributed by atoms with Gasteiger partial charge in [0, 0.05) is 16.7 Å². The fraction of sp³-hybridized carbons (Fsp3) is 0.462. The molecule has 1 amide bonds. The summed E-state index contributed by atoms with van der Waals surface area (Å²) in [4.78, 5) is 13.8. The smallest absolute Gasteiger partial charge is 0.243 e. The van der Waals surface area contributed by atoms with Crippen LogP contribution in [0.2, 0.25) is 0 Å². The first-order valence-corrected chi connectivity index (χ1v) is 6.63. The van der Waals surface area contributed by atoms with E-state index in [9.17, 15) is 4.79 Å². The topological polar surface area (TPSA) is 46.3 Å². The van der Waals surface area contributed by atoms with Crippen molar-refractivity contribution in [3.05, 3.63) is 27.7 Å². The predicted octanol–water partition coefficient (Wildman–Crippen LogP) is 2.52. The lowest BCUT2D eigenvalue weighted by Gasteiger charge is -2.31. The Morgan fingerprint density at radius 2 is 1.94 bits per heavy atom. The molecule has 0 spiro atoms. The Morgan fingerprint density at radius 3 is 2.53 bits per heavy atom. The number of piperidine rings is 1. The maximum absolute atomic E-state index is 12.0. The van der Waals surface area contributed by atoms with Crippen molar-refractivity contribution in [1.82, 2.24) is 0 Å². The van der Waals surface area contributed by atoms with Crippen molar-refractivity contribution >= 4 is 27.5 Å². The molecule has 0 aliphatic carbocycles. The van der Waals surface area contributed by atoms with Crippen molar-refractivity contribution in [2.24, 2.45) is 5.73 Å². The van der Waals surface area contributed by atoms with Crippen LogP contribution in [0.5, 0.6) is 0 Å². The van der Waals surface area contributed by atoms with Crippen LogP contribution in [0.4, 0.5) is 5.69 Å². The molecule has 1 atom stereocenters. The number of carbonyl (C=O) groups is 1. The second-order valence-electron chi connectivity index (χ2n) is 4.63. The third-order valence-electron chi connectivity index (χ3n) is 3.21. The van der Waals surface area contributed by atoms with Crippen molar-refractivity contribution in [3.63, 3.8) is 0 Å². The Balaban J connectivity index is 2.37. The number of anilines is 1. The summed E-state index contributed by atoms with van der Waals surface area (Å²) in [5.41, 5.74) is 9.06. The number of carbonyl (C=O) groups excluding carboxylic acids is 1. The molecule has 17 heavy (non-hydrogen) atoms. The normalized spacial score (nSPS) is 20.8. The number of nitrogens with two attached hydrogens (primary N) is 1. The van der Waals surface area contributed by atoms with Gasteiger partial charge in [-0.3, -0.25) is 4.79 Å². The zero-order chi connectivity index (χ0) is 12.6. The molecule has 2 N–H and O–H groups in total. The molecule has 1 unspecified atom stereocenters. The van der Waals surface area contributed by atoms with Gasteiger partial charge in [-0.1, -0.05) is 15.9 Å². The van der Waals surface area contributed by atoms with Gasteiger partial charge in [0.2, 0.25) is 5.91 Å². The van der Waals surface area contributed by atoms with E-state index in [1.165, 1.54) is 0 Å². The monoisotopic (exact) mass is 296 g/mol. The number of aryl methyl sites for hydroxylation is 2. The van der Waals surface area contributed by atoms with E-state index in [1.54, 1.807) is 4.90 Å². The second kappa shape index (κ2) is 4.78. The molecule has 1 fully saturated rings. The number of nitrogens with zero attached hydrogens (tertiary/aromatic N) is 1. The minimum Gasteiger partial charge on any atom is -0.320 e. The molecule has 0 saturated carbocycles. The molecule has 1 heterocycles. The van der Waals surface area contributed by atoms with Crippen LogP contribution in [0.15, 0.2) is 16.6 Å². The van der Waals surface area contributed by atoms with Gasteiger partial charge in [0.15, 0.2) is 0 Å². The van der Waals surface area contributed by atoms with Crippen molar-refractivity contribution < 1.29 is 4.79 Å². The van der Waals surface area contributed by atoms with Crippen molar-refractivity contribution in [3.8, 4) is 0 Å². The van der Waals surface area contributed by atoms with Crippen LogP contribution in [0.1, 0.15) is 24.0 Å². The number of amides is 1. The number of hydrogen-bond donors (Lipinski definition) is 1. The summed E-state index contributed by atoms with van der Waals surface area (Å²) in [7, 11) is 0. The van der Waals surface area contributed by atoms with Gasteiger partial charge in [0.25, 0.3) is 0 Å². The highest BCUT2D eigenvalue weighted by atomic mass is 79.9. The van der Waals surface area contributed by atoms with Crippen LogP contribution in [0, 0.1) is 13.8 Å². The van der Waals surface area contributed by atoms with Gasteiger partial charge in [-0.15, -0.1) is 0 Å². The maximum Gasteiger partial charge on any atom is 0.243 e. The van der Waals surface area contributed by atoms with Crippen LogP contribution >= 0.6 is 15.9 Å². The molecular weight excluding hydrogens is 280 g/mol. The van der Waals surface area contributed by atoms with Crippen LogP contribution in [-0.4, -0.2) is 18.5 Å². The quantitative estimate of drug-likeness (QED) is 0.866. The number of rotatable bonds is 1. The first-order valence-electron chi connectivity index (χ1n) is 5.84. The van der Waals surface area contributed by atoms with Gasteiger partial charge in [-0.05, 0) is 49.9 Å². The third-order valence-corrected chi connectivity index (χ3v) is 4.46. The lowest BCUT2D eigenvalue weighted by Crippen LogP contribution is -2.48. The summed E-state index contributed by atoms with van der Waals surface area (Å²) in [5, 5.41) is 0. The fourth-order valence-corrected chi connectivity index (χ4v) is 2.47. The highest BCUT2D eigenvalue weighted by molar-refractivity contribution is 9.10. The summed E-state index contributed by atoms with van der Waals surface area (Å²) in [5.74, 6) is 0.0392. The molecule has 1 aliphatic heterocycles. The van der Waals surface area contributed by atoms with E-state index in [2.05, 4.69) is 15.9 Å². The highest BCUT2D eigenvalue weighted by Gasteiger charge is 2.27. The largest absolute Gasteiger partial charge is 0.320 e. The molecule has 0 aromatic heterocycles. The summed E-state index contributed by atoms with van der Waals surface area (Å²) in [6, 6.07) is 3.73. The number of halogens is 1. The molecule has 0 bridgehead atoms. The number of benzene rings is 1. The second-order valence-corrected chi connectivity index (χ2v) is 5.43. The van der Waals surface area contributed by atoms with Crippen LogP contribution in [0.25, 0.3) is 0 Å². The zero-order valence-electron chi connectivity index (χ0n) is 10.2. The molecule has 1 saturated heterocycles. The van der Waals surface area contributed by atoms with E-state index < -0.39 is 0 Å². The van der Waals surface area contributed by atoms with Gasteiger partial charge in [-0.25, -0.2) is 0 Å². The van der Waals surface area contributed by atoms with E-state index in [4.69, 9.17) is 5.73 Å². The van der Waals surface area contributed by atoms with E-state index in [0.717, 1.165) is 40.7 Å². The first kappa shape index (κ1) is 12.6. The van der Waals surface area contributed by atoms with Gasteiger partial charge in [0.05, 0.1) is 6.04 Å². The first-order chi connectivity index (χ1) is 8.00. The Hall–Kier alpha value is -0.870. The molecule has 3 nitrogen and oxygen atoms in total. The van der Waals surface area contributed by atoms with Crippen molar-refractivity contribution in [2.75, 3.05) is 11.4 Å². The molecular formula is C13H17BrN2O. The summed E-state index contributed by atoms with van der Waals surface area (Å²) < 4.78 is 1.11. The SMILES string of the molecule is Cc1cc(N2CCCC(N)C2=O)cc(C)c1Br. The lowest BCUT2D eigenvalue weighted by molar-refractivity contribution is -0.120. The Bertz CT molecular complexity index is 436. The van der Waals surface area contributed by atoms with Crippen LogP contribution in [-0.2, 0) is 4.79 Å². The molecule has 4 heteroatoms. The average molecular weight is 297 g/mol. The molecule has 1 aliphatic rings. The minimum atomic E-state index is -0.340. The minimum absolute atomic E-state index is 0.0392. The zero-order valence-corrected chi connectivity index (χ0v) is 11.8. The number of hydrogen-bond acceptors (Lipinski definition) is 2. The molecule has 1 aromatic rings. The lowest BCUT2D eigenvalue weighted by atomic mass is 10.0. The van der Waals surface area contributed by atoms with Crippen LogP contribution in [0.3, 0.4) is 0 Å². The van der Waals surface area contributed by atoms with Crippen LogP contribution < -0.4 is 10.6 Å². The van der Waals surface area contributed by atoms with E-state index >= 15 is 0 Å². The van der Waals surface area contributed by atoms with Gasteiger partial charge in [0.1, 0.15) is 0 Å². The summed E-state index contributed by atoms with van der Waals surface area (Å²) in [6.45, 7) is 4.84. The van der Waals surface area contributed by atoms with E-state index in [1.807, 2.05) is 26.0 Å². The summed E-state index contributed by atoms with van der Waals surface area (Å²) >= 11 is 3.54. The maximum atomic E-state index is 12.0. The Kier molecular flexibility index (Phi) is 3.54. The Labute approximate surface area is 110 Å². The van der Waals surface area contributed by atoms with E-state index in [-0.39, 0.29) is 11.9 Å². The van der Waals surface area contributed by atoms with Gasteiger partial charge in [-0.2, -0.15) is 0 Å². The van der Waals surface area contributed by atoms with E-state index in [0.29, 0.717) is 0 Å². The fourth-order valence-electron chi connectivity index (χ4n) is 2.24. The molecule has 2 rings (SSSR count).